The molecule has 9 nitrogen and oxygen atoms in total. The average Bonchev–Trinajstić information content (AvgIpc) is 3.16. The van der Waals surface area contributed by atoms with Crippen molar-refractivity contribution in [1.82, 2.24) is 25.5 Å². The molecule has 4 N–H and O–H groups in total. The topological polar surface area (TPSA) is 122 Å². The molecule has 0 unspecified atom stereocenters. The van der Waals surface area contributed by atoms with Gasteiger partial charge >= 0.3 is 0 Å². The highest BCUT2D eigenvalue weighted by Crippen LogP contribution is 2.42. The predicted octanol–water partition coefficient (Wildman–Crippen LogP) is 0.537. The number of benzene rings is 1. The van der Waals surface area contributed by atoms with Crippen LogP contribution in [0.3, 0.4) is 0 Å². The number of nitrogens with zero attached hydrogens (tertiary/aromatic N) is 4. The molecule has 0 atom stereocenters. The smallest absolute Gasteiger partial charge is 0.252 e. The normalized spacial score (nSPS) is 14.6. The van der Waals surface area contributed by atoms with Crippen molar-refractivity contribution >= 4 is 22.6 Å². The number of fused-ring (bicyclic) bond motifs is 1. The minimum atomic E-state index is -0.527. The Kier molecular flexibility index (Phi) is 4.13. The van der Waals surface area contributed by atoms with Gasteiger partial charge in [-0.05, 0) is 12.1 Å². The number of piperazine rings is 1. The number of hydrogen-bond acceptors (Lipinski definition) is 7. The number of anilines is 1. The van der Waals surface area contributed by atoms with Gasteiger partial charge in [-0.1, -0.05) is 0 Å². The number of methoxy groups -OCH3 is 1. The number of primary amides is 1. The van der Waals surface area contributed by atoms with Crippen molar-refractivity contribution in [3.63, 3.8) is 0 Å². The Morgan fingerprint density at radius 3 is 2.81 bits per heavy atom. The summed E-state index contributed by atoms with van der Waals surface area (Å²) in [5.41, 5.74) is 8.95. The van der Waals surface area contributed by atoms with Gasteiger partial charge in [0.15, 0.2) is 11.4 Å². The first-order valence-corrected chi connectivity index (χ1v) is 8.31. The summed E-state index contributed by atoms with van der Waals surface area (Å²) >= 11 is 0. The maximum Gasteiger partial charge on any atom is 0.252 e. The number of amides is 1. The van der Waals surface area contributed by atoms with Gasteiger partial charge in [-0.2, -0.15) is 5.10 Å². The van der Waals surface area contributed by atoms with Crippen LogP contribution in [0.5, 0.6) is 5.75 Å². The van der Waals surface area contributed by atoms with E-state index in [4.69, 9.17) is 10.5 Å². The second-order valence-electron chi connectivity index (χ2n) is 6.00. The van der Waals surface area contributed by atoms with Crippen LogP contribution in [-0.2, 0) is 0 Å². The molecule has 0 saturated carbocycles. The van der Waals surface area contributed by atoms with Crippen LogP contribution < -0.4 is 20.7 Å². The van der Waals surface area contributed by atoms with E-state index in [0.29, 0.717) is 17.0 Å². The molecule has 0 spiro atoms. The fourth-order valence-electron chi connectivity index (χ4n) is 3.34. The highest BCUT2D eigenvalue weighted by molar-refractivity contribution is 6.02. The molecule has 26 heavy (non-hydrogen) atoms. The molecule has 1 aliphatic heterocycles. The van der Waals surface area contributed by atoms with E-state index in [1.807, 2.05) is 6.07 Å². The van der Waals surface area contributed by atoms with Crippen LogP contribution in [0.2, 0.25) is 0 Å². The molecule has 4 rings (SSSR count). The Labute approximate surface area is 149 Å². The fraction of sp³-hybridized carbons (Fsp3) is 0.294. The van der Waals surface area contributed by atoms with E-state index in [1.54, 1.807) is 19.4 Å². The number of carbonyl (C=O) groups excluding carboxylic acids is 1. The zero-order valence-electron chi connectivity index (χ0n) is 14.3. The van der Waals surface area contributed by atoms with Crippen molar-refractivity contribution in [3.8, 4) is 17.0 Å². The fourth-order valence-corrected chi connectivity index (χ4v) is 3.34. The molecular weight excluding hydrogens is 334 g/mol. The first-order chi connectivity index (χ1) is 12.7. The third kappa shape index (κ3) is 2.62. The molecule has 0 aliphatic carbocycles. The number of aromatic amines is 1. The van der Waals surface area contributed by atoms with Crippen molar-refractivity contribution < 1.29 is 9.53 Å². The summed E-state index contributed by atoms with van der Waals surface area (Å²) in [7, 11) is 1.55. The lowest BCUT2D eigenvalue weighted by Gasteiger charge is -2.32. The van der Waals surface area contributed by atoms with Gasteiger partial charge in [-0.15, -0.1) is 0 Å². The second kappa shape index (κ2) is 6.60. The number of H-pyrrole nitrogens is 1. The van der Waals surface area contributed by atoms with E-state index >= 15 is 0 Å². The highest BCUT2D eigenvalue weighted by atomic mass is 16.5. The van der Waals surface area contributed by atoms with Crippen LogP contribution in [-0.4, -0.2) is 59.4 Å². The number of nitrogens with one attached hydrogen (secondary N) is 2. The van der Waals surface area contributed by atoms with Gasteiger partial charge in [0.2, 0.25) is 0 Å². The maximum atomic E-state index is 11.9. The molecule has 3 heterocycles. The first-order valence-electron chi connectivity index (χ1n) is 8.31. The summed E-state index contributed by atoms with van der Waals surface area (Å²) in [6, 6.07) is 3.53. The first kappa shape index (κ1) is 16.3. The summed E-state index contributed by atoms with van der Waals surface area (Å²) in [4.78, 5) is 22.8. The Morgan fingerprint density at radius 2 is 2.08 bits per heavy atom. The van der Waals surface area contributed by atoms with E-state index in [2.05, 4.69) is 30.4 Å². The van der Waals surface area contributed by atoms with Crippen molar-refractivity contribution in [1.29, 1.82) is 0 Å². The number of nitrogens with two attached hydrogens (primary N) is 1. The molecule has 1 saturated heterocycles. The highest BCUT2D eigenvalue weighted by Gasteiger charge is 2.25. The van der Waals surface area contributed by atoms with E-state index in [-0.39, 0.29) is 0 Å². The molecule has 2 aromatic heterocycles. The molecule has 0 radical (unpaired) electrons. The zero-order chi connectivity index (χ0) is 18.1. The molecule has 1 aromatic carbocycles. The summed E-state index contributed by atoms with van der Waals surface area (Å²) < 4.78 is 5.62. The molecular formula is C17H19N7O2. The van der Waals surface area contributed by atoms with Gasteiger partial charge < -0.3 is 20.7 Å². The van der Waals surface area contributed by atoms with Gasteiger partial charge in [-0.25, -0.2) is 9.97 Å². The Balaban J connectivity index is 1.99. The maximum absolute atomic E-state index is 11.9. The molecule has 0 bridgehead atoms. The van der Waals surface area contributed by atoms with Crippen LogP contribution in [0.4, 0.5) is 5.69 Å². The average molecular weight is 353 g/mol. The summed E-state index contributed by atoms with van der Waals surface area (Å²) in [6.07, 6.45) is 3.19. The second-order valence-corrected chi connectivity index (χ2v) is 6.00. The van der Waals surface area contributed by atoms with Gasteiger partial charge in [-0.3, -0.25) is 9.89 Å². The van der Waals surface area contributed by atoms with E-state index in [0.717, 1.165) is 48.5 Å². The molecule has 134 valence electrons. The zero-order valence-corrected chi connectivity index (χ0v) is 14.3. The number of hydrogen-bond donors (Lipinski definition) is 3. The number of aromatic nitrogens is 4. The third-order valence-corrected chi connectivity index (χ3v) is 4.54. The number of rotatable bonds is 4. The van der Waals surface area contributed by atoms with Crippen LogP contribution in [0.1, 0.15) is 10.4 Å². The standard InChI is InChI=1S/C17H19N7O2/c1-26-15-11(16(18)25)3-2-10(14(15)24-6-4-19-5-7-24)13-12-8-22-23-17(12)21-9-20-13/h2-3,8-9,19H,4-7H2,1H3,(H2,18,25)(H,20,21,22,23). The van der Waals surface area contributed by atoms with E-state index < -0.39 is 5.91 Å². The van der Waals surface area contributed by atoms with Crippen LogP contribution in [0, 0.1) is 0 Å². The van der Waals surface area contributed by atoms with Gasteiger partial charge in [0.1, 0.15) is 6.33 Å². The van der Waals surface area contributed by atoms with E-state index in [9.17, 15) is 4.79 Å². The molecule has 3 aromatic rings. The monoisotopic (exact) mass is 353 g/mol. The van der Waals surface area contributed by atoms with Crippen LogP contribution in [0.15, 0.2) is 24.7 Å². The van der Waals surface area contributed by atoms with Crippen LogP contribution >= 0.6 is 0 Å². The number of carbonyl (C=O) groups is 1. The van der Waals surface area contributed by atoms with Gasteiger partial charge in [0.05, 0.1) is 35.6 Å². The molecule has 1 fully saturated rings. The van der Waals surface area contributed by atoms with Crippen molar-refractivity contribution in [3.05, 3.63) is 30.2 Å². The molecule has 9 heteroatoms. The SMILES string of the molecule is COc1c(C(N)=O)ccc(-c2ncnc3[nH]ncc23)c1N1CCNCC1. The largest absolute Gasteiger partial charge is 0.494 e. The molecule has 1 aliphatic rings. The lowest BCUT2D eigenvalue weighted by Crippen LogP contribution is -2.44. The van der Waals surface area contributed by atoms with Crippen molar-refractivity contribution in [2.24, 2.45) is 5.73 Å². The summed E-state index contributed by atoms with van der Waals surface area (Å²) in [5, 5.41) is 11.1. The summed E-state index contributed by atoms with van der Waals surface area (Å²) in [5.74, 6) is -0.0620. The Morgan fingerprint density at radius 1 is 1.27 bits per heavy atom. The van der Waals surface area contributed by atoms with Gasteiger partial charge in [0.25, 0.3) is 5.91 Å². The van der Waals surface area contributed by atoms with Crippen molar-refractivity contribution in [2.75, 3.05) is 38.2 Å². The predicted molar refractivity (Wildman–Crippen MR) is 97.3 cm³/mol. The minimum absolute atomic E-state index is 0.349. The third-order valence-electron chi connectivity index (χ3n) is 4.54. The lowest BCUT2D eigenvalue weighted by molar-refractivity contribution is 0.0997. The quantitative estimate of drug-likeness (QED) is 0.625. The summed E-state index contributed by atoms with van der Waals surface area (Å²) in [6.45, 7) is 3.25. The van der Waals surface area contributed by atoms with E-state index in [1.165, 1.54) is 6.33 Å². The molecule has 1 amide bonds. The van der Waals surface area contributed by atoms with Crippen molar-refractivity contribution in [2.45, 2.75) is 0 Å². The Hall–Kier alpha value is -3.20. The lowest BCUT2D eigenvalue weighted by atomic mass is 10.0. The minimum Gasteiger partial charge on any atom is -0.494 e. The number of ether oxygens (including phenoxy) is 1. The van der Waals surface area contributed by atoms with Crippen LogP contribution in [0.25, 0.3) is 22.3 Å². The Bertz CT molecular complexity index is 963. The van der Waals surface area contributed by atoms with Gasteiger partial charge in [0, 0.05) is 31.7 Å².